The highest BCUT2D eigenvalue weighted by Gasteiger charge is 2.09. The van der Waals surface area contributed by atoms with E-state index in [1.54, 1.807) is 0 Å². The molecule has 14 heavy (non-hydrogen) atoms. The van der Waals surface area contributed by atoms with Crippen LogP contribution in [0, 0.1) is 11.6 Å². The predicted molar refractivity (Wildman–Crippen MR) is 47.4 cm³/mol. The quantitative estimate of drug-likeness (QED) is 0.750. The molecule has 0 fully saturated rings. The van der Waals surface area contributed by atoms with Gasteiger partial charge in [-0.2, -0.15) is 0 Å². The van der Waals surface area contributed by atoms with Crippen molar-refractivity contribution in [3.8, 4) is 0 Å². The van der Waals surface area contributed by atoms with Crippen LogP contribution in [-0.4, -0.2) is 9.79 Å². The van der Waals surface area contributed by atoms with Crippen molar-refractivity contribution in [3.63, 3.8) is 0 Å². The summed E-state index contributed by atoms with van der Waals surface area (Å²) in [5.74, 6) is -1.28. The molecule has 0 unspecified atom stereocenters. The second kappa shape index (κ2) is 4.00. The SMILES string of the molecule is O=P(O)(O)/C=C/c1c(F)cccc1F. The van der Waals surface area contributed by atoms with Crippen LogP contribution in [-0.2, 0) is 4.57 Å². The summed E-state index contributed by atoms with van der Waals surface area (Å²) in [4.78, 5) is 16.9. The van der Waals surface area contributed by atoms with Crippen LogP contribution in [0.15, 0.2) is 24.0 Å². The molecule has 0 bridgehead atoms. The van der Waals surface area contributed by atoms with E-state index in [2.05, 4.69) is 0 Å². The van der Waals surface area contributed by atoms with Crippen LogP contribution < -0.4 is 0 Å². The van der Waals surface area contributed by atoms with E-state index in [1.807, 2.05) is 0 Å². The minimum atomic E-state index is -4.38. The van der Waals surface area contributed by atoms with Crippen molar-refractivity contribution in [2.75, 3.05) is 0 Å². The molecule has 0 aliphatic heterocycles. The number of rotatable bonds is 2. The van der Waals surface area contributed by atoms with Gasteiger partial charge in [0.05, 0.1) is 0 Å². The lowest BCUT2D eigenvalue weighted by Gasteiger charge is -1.99. The molecule has 0 atom stereocenters. The molecule has 0 saturated carbocycles. The molecule has 0 spiro atoms. The minimum Gasteiger partial charge on any atom is -0.321 e. The van der Waals surface area contributed by atoms with Crippen LogP contribution in [0.4, 0.5) is 8.78 Å². The maximum absolute atomic E-state index is 12.9. The Balaban J connectivity index is 3.09. The van der Waals surface area contributed by atoms with Gasteiger partial charge in [0.2, 0.25) is 0 Å². The molecule has 0 aliphatic rings. The van der Waals surface area contributed by atoms with Crippen molar-refractivity contribution in [1.29, 1.82) is 0 Å². The average Bonchev–Trinajstić information content (AvgIpc) is 2.01. The molecule has 6 heteroatoms. The normalized spacial score (nSPS) is 12.3. The lowest BCUT2D eigenvalue weighted by molar-refractivity contribution is 0.386. The van der Waals surface area contributed by atoms with E-state index < -0.39 is 24.8 Å². The third kappa shape index (κ3) is 3.03. The van der Waals surface area contributed by atoms with E-state index in [0.29, 0.717) is 5.82 Å². The number of hydrogen-bond donors (Lipinski definition) is 2. The van der Waals surface area contributed by atoms with Crippen LogP contribution in [0.5, 0.6) is 0 Å². The lowest BCUT2D eigenvalue weighted by Crippen LogP contribution is -1.87. The monoisotopic (exact) mass is 220 g/mol. The highest BCUT2D eigenvalue weighted by Crippen LogP contribution is 2.37. The van der Waals surface area contributed by atoms with E-state index in [0.717, 1.165) is 18.2 Å². The molecule has 0 aliphatic carbocycles. The fourth-order valence-electron chi connectivity index (χ4n) is 0.842. The van der Waals surface area contributed by atoms with Crippen LogP contribution in [0.25, 0.3) is 6.08 Å². The minimum absolute atomic E-state index is 0.453. The Bertz CT molecular complexity index is 391. The van der Waals surface area contributed by atoms with Gasteiger partial charge in [0.25, 0.3) is 0 Å². The largest absolute Gasteiger partial charge is 0.349 e. The second-order valence-electron chi connectivity index (χ2n) is 2.54. The van der Waals surface area contributed by atoms with Crippen molar-refractivity contribution < 1.29 is 23.1 Å². The molecule has 0 aromatic heterocycles. The lowest BCUT2D eigenvalue weighted by atomic mass is 10.2. The summed E-state index contributed by atoms with van der Waals surface area (Å²) >= 11 is 0. The zero-order valence-electron chi connectivity index (χ0n) is 6.89. The Morgan fingerprint density at radius 3 is 2.14 bits per heavy atom. The first kappa shape index (κ1) is 11.0. The van der Waals surface area contributed by atoms with E-state index in [-0.39, 0.29) is 0 Å². The standard InChI is InChI=1S/C8H7F2O3P/c9-7-2-1-3-8(10)6(7)4-5-14(11,12)13/h1-5H,(H2,11,12,13)/b5-4+. The Morgan fingerprint density at radius 1 is 1.21 bits per heavy atom. The smallest absolute Gasteiger partial charge is 0.321 e. The molecule has 1 aromatic carbocycles. The van der Waals surface area contributed by atoms with Crippen LogP contribution in [0.1, 0.15) is 5.56 Å². The molecular formula is C8H7F2O3P. The average molecular weight is 220 g/mol. The molecule has 2 N–H and O–H groups in total. The first-order chi connectivity index (χ1) is 6.40. The van der Waals surface area contributed by atoms with Gasteiger partial charge in [0, 0.05) is 11.4 Å². The maximum Gasteiger partial charge on any atom is 0.349 e. The second-order valence-corrected chi connectivity index (χ2v) is 4.02. The summed E-state index contributed by atoms with van der Waals surface area (Å²) in [6.07, 6.45) is 0.728. The van der Waals surface area contributed by atoms with Gasteiger partial charge in [-0.1, -0.05) is 6.07 Å². The molecule has 1 rings (SSSR count). The van der Waals surface area contributed by atoms with E-state index in [9.17, 15) is 13.3 Å². The molecule has 0 radical (unpaired) electrons. The first-order valence-electron chi connectivity index (χ1n) is 3.58. The Labute approximate surface area is 78.9 Å². The molecule has 0 amide bonds. The van der Waals surface area contributed by atoms with Crippen molar-refractivity contribution in [1.82, 2.24) is 0 Å². The summed E-state index contributed by atoms with van der Waals surface area (Å²) < 4.78 is 36.2. The third-order valence-corrected chi connectivity index (χ3v) is 1.97. The zero-order valence-corrected chi connectivity index (χ0v) is 7.79. The fraction of sp³-hybridized carbons (Fsp3) is 0. The predicted octanol–water partition coefficient (Wildman–Crippen LogP) is 2.11. The van der Waals surface area contributed by atoms with Gasteiger partial charge in [-0.05, 0) is 18.2 Å². The highest BCUT2D eigenvalue weighted by atomic mass is 31.2. The molecule has 0 saturated heterocycles. The number of halogens is 2. The molecule has 0 heterocycles. The van der Waals surface area contributed by atoms with Gasteiger partial charge in [-0.25, -0.2) is 8.78 Å². The highest BCUT2D eigenvalue weighted by molar-refractivity contribution is 7.55. The topological polar surface area (TPSA) is 57.5 Å². The van der Waals surface area contributed by atoms with Gasteiger partial charge in [-0.15, -0.1) is 0 Å². The van der Waals surface area contributed by atoms with Crippen LogP contribution in [0.3, 0.4) is 0 Å². The number of benzene rings is 1. The summed E-state index contributed by atoms with van der Waals surface area (Å²) in [7, 11) is -4.38. The van der Waals surface area contributed by atoms with Crippen LogP contribution >= 0.6 is 7.60 Å². The van der Waals surface area contributed by atoms with Gasteiger partial charge in [0.15, 0.2) is 0 Å². The van der Waals surface area contributed by atoms with Crippen molar-refractivity contribution in [2.45, 2.75) is 0 Å². The Hall–Kier alpha value is -1.03. The number of hydrogen-bond acceptors (Lipinski definition) is 1. The summed E-state index contributed by atoms with van der Waals surface area (Å²) in [5, 5.41) is 0. The van der Waals surface area contributed by atoms with E-state index in [4.69, 9.17) is 9.79 Å². The van der Waals surface area contributed by atoms with Gasteiger partial charge in [-0.3, -0.25) is 4.57 Å². The summed E-state index contributed by atoms with van der Waals surface area (Å²) in [6, 6.07) is 3.17. The van der Waals surface area contributed by atoms with E-state index in [1.165, 1.54) is 6.07 Å². The summed E-state index contributed by atoms with van der Waals surface area (Å²) in [5.41, 5.74) is -0.462. The van der Waals surface area contributed by atoms with E-state index >= 15 is 0 Å². The van der Waals surface area contributed by atoms with Crippen molar-refractivity contribution in [3.05, 3.63) is 41.2 Å². The first-order valence-corrected chi connectivity index (χ1v) is 5.27. The van der Waals surface area contributed by atoms with Gasteiger partial charge >= 0.3 is 7.60 Å². The molecular weight excluding hydrogens is 213 g/mol. The Kier molecular flexibility index (Phi) is 3.16. The third-order valence-electron chi connectivity index (χ3n) is 1.44. The van der Waals surface area contributed by atoms with Gasteiger partial charge < -0.3 is 9.79 Å². The fourth-order valence-corrected chi connectivity index (χ4v) is 1.18. The van der Waals surface area contributed by atoms with Crippen molar-refractivity contribution in [2.24, 2.45) is 0 Å². The zero-order chi connectivity index (χ0) is 10.8. The molecule has 3 nitrogen and oxygen atoms in total. The maximum atomic E-state index is 12.9. The van der Waals surface area contributed by atoms with Crippen LogP contribution in [0.2, 0.25) is 0 Å². The summed E-state index contributed by atoms with van der Waals surface area (Å²) in [6.45, 7) is 0. The van der Waals surface area contributed by atoms with Gasteiger partial charge in [0.1, 0.15) is 11.6 Å². The molecule has 76 valence electrons. The van der Waals surface area contributed by atoms with Crippen molar-refractivity contribution >= 4 is 13.7 Å². The Morgan fingerprint density at radius 2 is 1.71 bits per heavy atom. The molecule has 1 aromatic rings.